The highest BCUT2D eigenvalue weighted by atomic mass is 32.1. The van der Waals surface area contributed by atoms with E-state index < -0.39 is 0 Å². The van der Waals surface area contributed by atoms with Crippen molar-refractivity contribution >= 4 is 17.3 Å². The number of ether oxygens (including phenoxy) is 1. The molecule has 4 rings (SSSR count). The van der Waals surface area contributed by atoms with Gasteiger partial charge in [0.1, 0.15) is 5.76 Å². The molecule has 1 saturated heterocycles. The summed E-state index contributed by atoms with van der Waals surface area (Å²) in [5.41, 5.74) is 2.16. The third-order valence-electron chi connectivity index (χ3n) is 5.02. The molecule has 0 saturated carbocycles. The Hall–Kier alpha value is -2.64. The van der Waals surface area contributed by atoms with Crippen LogP contribution in [0.3, 0.4) is 0 Å². The normalized spacial score (nSPS) is 19.2. The first-order valence-corrected chi connectivity index (χ1v) is 9.83. The van der Waals surface area contributed by atoms with E-state index in [9.17, 15) is 0 Å². The zero-order valence-corrected chi connectivity index (χ0v) is 16.6. The van der Waals surface area contributed by atoms with Gasteiger partial charge in [-0.1, -0.05) is 6.07 Å². The Bertz CT molecular complexity index is 894. The summed E-state index contributed by atoms with van der Waals surface area (Å²) in [7, 11) is 1.73. The van der Waals surface area contributed by atoms with Crippen LogP contribution in [0.2, 0.25) is 0 Å². The maximum absolute atomic E-state index is 5.70. The summed E-state index contributed by atoms with van der Waals surface area (Å²) in [4.78, 5) is 6.84. The summed E-state index contributed by atoms with van der Waals surface area (Å²) < 4.78 is 13.0. The molecule has 7 heteroatoms. The second kappa shape index (κ2) is 8.58. The molecule has 0 aromatic carbocycles. The first-order valence-electron chi connectivity index (χ1n) is 9.42. The van der Waals surface area contributed by atoms with Gasteiger partial charge in [-0.25, -0.2) is 0 Å². The van der Waals surface area contributed by atoms with Crippen molar-refractivity contribution in [3.05, 3.63) is 78.3 Å². The van der Waals surface area contributed by atoms with Crippen molar-refractivity contribution in [2.45, 2.75) is 25.0 Å². The summed E-state index contributed by atoms with van der Waals surface area (Å²) in [6.07, 6.45) is 6.52. The maximum atomic E-state index is 5.70. The molecule has 0 amide bonds. The average Bonchev–Trinajstić information content (AvgIpc) is 3.45. The first-order chi connectivity index (χ1) is 13.8. The van der Waals surface area contributed by atoms with E-state index in [0.29, 0.717) is 13.2 Å². The molecule has 1 aliphatic heterocycles. The number of hydrogen-bond donors (Lipinski definition) is 1. The third-order valence-corrected chi connectivity index (χ3v) is 5.37. The summed E-state index contributed by atoms with van der Waals surface area (Å²) in [5, 5.41) is 4.24. The minimum atomic E-state index is -0.0125. The average molecular weight is 397 g/mol. The van der Waals surface area contributed by atoms with Crippen molar-refractivity contribution in [1.29, 1.82) is 0 Å². The molecule has 3 aromatic heterocycles. The Kier molecular flexibility index (Phi) is 5.73. The number of hydrogen-bond acceptors (Lipinski definition) is 4. The molecule has 6 nitrogen and oxygen atoms in total. The van der Waals surface area contributed by atoms with E-state index in [1.165, 1.54) is 5.69 Å². The van der Waals surface area contributed by atoms with E-state index in [1.54, 1.807) is 13.4 Å². The van der Waals surface area contributed by atoms with Crippen molar-refractivity contribution in [3.8, 4) is 0 Å². The molecule has 1 N–H and O–H groups in total. The van der Waals surface area contributed by atoms with Gasteiger partial charge in [-0.05, 0) is 55.0 Å². The molecule has 0 spiro atoms. The second-order valence-electron chi connectivity index (χ2n) is 6.81. The predicted octanol–water partition coefficient (Wildman–Crippen LogP) is 3.53. The van der Waals surface area contributed by atoms with Gasteiger partial charge in [0.2, 0.25) is 0 Å². The SMILES string of the molecule is COCCCN1C(=S)N[C@H](c2ccccn2)[C@H]1c1cccn1Cc1ccco1. The second-order valence-corrected chi connectivity index (χ2v) is 7.19. The number of pyridine rings is 1. The zero-order chi connectivity index (χ0) is 19.3. The number of aromatic nitrogens is 2. The first kappa shape index (κ1) is 18.7. The molecule has 28 heavy (non-hydrogen) atoms. The molecule has 1 aliphatic rings. The van der Waals surface area contributed by atoms with Gasteiger partial charge in [-0.3, -0.25) is 4.98 Å². The van der Waals surface area contributed by atoms with Gasteiger partial charge in [0.15, 0.2) is 5.11 Å². The molecular formula is C21H24N4O2S. The summed E-state index contributed by atoms with van der Waals surface area (Å²) >= 11 is 5.70. The van der Waals surface area contributed by atoms with Gasteiger partial charge in [0.25, 0.3) is 0 Å². The number of methoxy groups -OCH3 is 1. The fourth-order valence-electron chi connectivity index (χ4n) is 3.76. The standard InChI is InChI=1S/C21H24N4O2S/c1-26-13-6-12-25-20(19(23-21(25)28)17-8-2-3-10-22-17)18-9-4-11-24(18)15-16-7-5-14-27-16/h2-5,7-11,14,19-20H,6,12-13,15H2,1H3,(H,23,28)/t19-,20-/m1/s1. The molecule has 0 unspecified atom stereocenters. The monoisotopic (exact) mass is 396 g/mol. The fraction of sp³-hybridized carbons (Fsp3) is 0.333. The Morgan fingerprint density at radius 1 is 1.21 bits per heavy atom. The van der Waals surface area contributed by atoms with Crippen molar-refractivity contribution in [2.75, 3.05) is 20.3 Å². The number of nitrogens with zero attached hydrogens (tertiary/aromatic N) is 3. The van der Waals surface area contributed by atoms with E-state index in [0.717, 1.165) is 29.5 Å². The predicted molar refractivity (Wildman–Crippen MR) is 111 cm³/mol. The molecule has 4 heterocycles. The number of nitrogens with one attached hydrogen (secondary N) is 1. The van der Waals surface area contributed by atoms with Gasteiger partial charge < -0.3 is 23.9 Å². The minimum Gasteiger partial charge on any atom is -0.467 e. The molecule has 146 valence electrons. The highest BCUT2D eigenvalue weighted by molar-refractivity contribution is 7.80. The van der Waals surface area contributed by atoms with E-state index in [-0.39, 0.29) is 12.1 Å². The lowest BCUT2D eigenvalue weighted by Crippen LogP contribution is -2.32. The topological polar surface area (TPSA) is 55.5 Å². The summed E-state index contributed by atoms with van der Waals surface area (Å²) in [6, 6.07) is 14.2. The molecule has 3 aromatic rings. The maximum Gasteiger partial charge on any atom is 0.170 e. The van der Waals surface area contributed by atoms with Gasteiger partial charge in [-0.15, -0.1) is 0 Å². The number of thiocarbonyl (C=S) groups is 1. The van der Waals surface area contributed by atoms with Gasteiger partial charge in [-0.2, -0.15) is 0 Å². The minimum absolute atomic E-state index is 0.0125. The number of rotatable bonds is 8. The highest BCUT2D eigenvalue weighted by Gasteiger charge is 2.40. The van der Waals surface area contributed by atoms with Crippen molar-refractivity contribution < 1.29 is 9.15 Å². The van der Waals surface area contributed by atoms with Gasteiger partial charge in [0.05, 0.1) is 30.6 Å². The molecule has 0 aliphatic carbocycles. The largest absolute Gasteiger partial charge is 0.467 e. The fourth-order valence-corrected chi connectivity index (χ4v) is 4.09. The lowest BCUT2D eigenvalue weighted by molar-refractivity contribution is 0.179. The van der Waals surface area contributed by atoms with Crippen LogP contribution in [0.4, 0.5) is 0 Å². The van der Waals surface area contributed by atoms with Crippen molar-refractivity contribution in [2.24, 2.45) is 0 Å². The van der Waals surface area contributed by atoms with Crippen LogP contribution in [0.25, 0.3) is 0 Å². The molecule has 1 fully saturated rings. The molecule has 2 atom stereocenters. The Morgan fingerprint density at radius 3 is 2.89 bits per heavy atom. The van der Waals surface area contributed by atoms with Crippen molar-refractivity contribution in [1.82, 2.24) is 19.8 Å². The Morgan fingerprint density at radius 2 is 2.14 bits per heavy atom. The summed E-state index contributed by atoms with van der Waals surface area (Å²) in [6.45, 7) is 2.20. The molecular weight excluding hydrogens is 372 g/mol. The summed E-state index contributed by atoms with van der Waals surface area (Å²) in [5.74, 6) is 0.923. The highest BCUT2D eigenvalue weighted by Crippen LogP contribution is 2.38. The lowest BCUT2D eigenvalue weighted by atomic mass is 10.0. The van der Waals surface area contributed by atoms with E-state index in [2.05, 4.69) is 38.1 Å². The number of furan rings is 1. The molecule has 0 bridgehead atoms. The smallest absolute Gasteiger partial charge is 0.170 e. The van der Waals surface area contributed by atoms with Crippen LogP contribution in [0.5, 0.6) is 0 Å². The Balaban J connectivity index is 1.68. The van der Waals surface area contributed by atoms with Crippen LogP contribution >= 0.6 is 12.2 Å². The third kappa shape index (κ3) is 3.81. The van der Waals surface area contributed by atoms with E-state index in [4.69, 9.17) is 21.4 Å². The lowest BCUT2D eigenvalue weighted by Gasteiger charge is -2.28. The zero-order valence-electron chi connectivity index (χ0n) is 15.8. The Labute approximate surface area is 170 Å². The molecule has 0 radical (unpaired) electrons. The van der Waals surface area contributed by atoms with E-state index in [1.807, 2.05) is 36.5 Å². The quantitative estimate of drug-likeness (QED) is 0.464. The van der Waals surface area contributed by atoms with Crippen LogP contribution < -0.4 is 5.32 Å². The van der Waals surface area contributed by atoms with Crippen molar-refractivity contribution in [3.63, 3.8) is 0 Å². The van der Waals surface area contributed by atoms with Crippen LogP contribution in [-0.4, -0.2) is 39.8 Å². The van der Waals surface area contributed by atoms with Crippen LogP contribution in [0, 0.1) is 0 Å². The van der Waals surface area contributed by atoms with Gasteiger partial charge >= 0.3 is 0 Å². The van der Waals surface area contributed by atoms with Crippen LogP contribution in [-0.2, 0) is 11.3 Å². The van der Waals surface area contributed by atoms with Gasteiger partial charge in [0, 0.05) is 38.3 Å². The van der Waals surface area contributed by atoms with Crippen LogP contribution in [0.1, 0.15) is 35.7 Å². The van der Waals surface area contributed by atoms with Crippen LogP contribution in [0.15, 0.2) is 65.5 Å². The van der Waals surface area contributed by atoms with E-state index >= 15 is 0 Å².